The van der Waals surface area contributed by atoms with Gasteiger partial charge in [-0.25, -0.2) is 4.98 Å². The second-order valence-electron chi connectivity index (χ2n) is 8.02. The second-order valence-corrected chi connectivity index (χ2v) is 8.02. The normalized spacial score (nSPS) is 23.8. The van der Waals surface area contributed by atoms with Gasteiger partial charge in [-0.15, -0.1) is 0 Å². The first-order valence-corrected chi connectivity index (χ1v) is 9.87. The Morgan fingerprint density at radius 3 is 2.23 bits per heavy atom. The molecule has 26 heavy (non-hydrogen) atoms. The first kappa shape index (κ1) is 17.5. The maximum atomic E-state index is 12.5. The summed E-state index contributed by atoms with van der Waals surface area (Å²) in [5, 5.41) is 0. The average Bonchev–Trinajstić information content (AvgIpc) is 3.09. The van der Waals surface area contributed by atoms with E-state index < -0.39 is 0 Å². The molecular weight excluding hydrogens is 328 g/mol. The van der Waals surface area contributed by atoms with Crippen molar-refractivity contribution in [2.24, 2.45) is 5.41 Å². The van der Waals surface area contributed by atoms with Crippen molar-refractivity contribution in [1.82, 2.24) is 14.8 Å². The zero-order chi connectivity index (χ0) is 18.0. The number of hydrogen-bond donors (Lipinski definition) is 0. The second kappa shape index (κ2) is 7.35. The molecule has 0 radical (unpaired) electrons. The molecule has 3 fully saturated rings. The molecule has 6 nitrogen and oxygen atoms in total. The van der Waals surface area contributed by atoms with Crippen molar-refractivity contribution in [3.05, 3.63) is 24.4 Å². The van der Waals surface area contributed by atoms with Crippen LogP contribution in [0.15, 0.2) is 24.4 Å². The highest BCUT2D eigenvalue weighted by atomic mass is 16.2. The highest BCUT2D eigenvalue weighted by Crippen LogP contribution is 2.46. The minimum absolute atomic E-state index is 0.00102. The SMILES string of the molecule is O=C1CC2(CCCC2)CC(=O)N1CCN1CCN(c2ccccn2)CC1. The molecule has 0 unspecified atom stereocenters. The highest BCUT2D eigenvalue weighted by molar-refractivity contribution is 5.98. The van der Waals surface area contributed by atoms with Crippen LogP contribution in [0.2, 0.25) is 0 Å². The molecule has 140 valence electrons. The van der Waals surface area contributed by atoms with Gasteiger partial charge in [0.25, 0.3) is 0 Å². The van der Waals surface area contributed by atoms with Crippen LogP contribution in [-0.4, -0.2) is 65.9 Å². The molecule has 1 aliphatic carbocycles. The van der Waals surface area contributed by atoms with Gasteiger partial charge in [0.1, 0.15) is 5.82 Å². The molecule has 0 bridgehead atoms. The van der Waals surface area contributed by atoms with Crippen LogP contribution in [0.5, 0.6) is 0 Å². The van der Waals surface area contributed by atoms with Crippen LogP contribution >= 0.6 is 0 Å². The van der Waals surface area contributed by atoms with Gasteiger partial charge in [0.2, 0.25) is 11.8 Å². The zero-order valence-corrected chi connectivity index (χ0v) is 15.4. The van der Waals surface area contributed by atoms with E-state index >= 15 is 0 Å². The maximum absolute atomic E-state index is 12.5. The van der Waals surface area contributed by atoms with Crippen LogP contribution in [0.1, 0.15) is 38.5 Å². The van der Waals surface area contributed by atoms with Crippen LogP contribution in [0.3, 0.4) is 0 Å². The minimum atomic E-state index is -0.00102. The molecule has 3 heterocycles. The summed E-state index contributed by atoms with van der Waals surface area (Å²) in [6, 6.07) is 5.99. The lowest BCUT2D eigenvalue weighted by Crippen LogP contribution is -2.52. The summed E-state index contributed by atoms with van der Waals surface area (Å²) < 4.78 is 0. The average molecular weight is 356 g/mol. The number of anilines is 1. The van der Waals surface area contributed by atoms with Gasteiger partial charge in [-0.3, -0.25) is 19.4 Å². The van der Waals surface area contributed by atoms with Crippen LogP contribution in [0.25, 0.3) is 0 Å². The summed E-state index contributed by atoms with van der Waals surface area (Å²) in [5.74, 6) is 1.13. The molecule has 0 aromatic carbocycles. The molecule has 2 amide bonds. The molecule has 2 aliphatic heterocycles. The van der Waals surface area contributed by atoms with Crippen LogP contribution in [0, 0.1) is 5.41 Å². The van der Waals surface area contributed by atoms with Gasteiger partial charge in [0.05, 0.1) is 0 Å². The third-order valence-electron chi connectivity index (χ3n) is 6.30. The van der Waals surface area contributed by atoms with E-state index in [2.05, 4.69) is 14.8 Å². The van der Waals surface area contributed by atoms with Crippen LogP contribution in [0.4, 0.5) is 5.82 Å². The third kappa shape index (κ3) is 3.61. The number of carbonyl (C=O) groups excluding carboxylic acids is 2. The molecule has 3 aliphatic rings. The van der Waals surface area contributed by atoms with Gasteiger partial charge < -0.3 is 4.90 Å². The Labute approximate surface area is 155 Å². The zero-order valence-electron chi connectivity index (χ0n) is 15.4. The topological polar surface area (TPSA) is 56.8 Å². The quantitative estimate of drug-likeness (QED) is 0.772. The van der Waals surface area contributed by atoms with Crippen molar-refractivity contribution in [3.63, 3.8) is 0 Å². The predicted octanol–water partition coefficient (Wildman–Crippen LogP) is 1.91. The first-order valence-electron chi connectivity index (χ1n) is 9.87. The number of nitrogens with zero attached hydrogens (tertiary/aromatic N) is 4. The molecule has 0 N–H and O–H groups in total. The van der Waals surface area contributed by atoms with Crippen molar-refractivity contribution in [3.8, 4) is 0 Å². The molecule has 4 rings (SSSR count). The van der Waals surface area contributed by atoms with Crippen molar-refractivity contribution < 1.29 is 9.59 Å². The summed E-state index contributed by atoms with van der Waals surface area (Å²) in [4.78, 5) is 35.7. The summed E-state index contributed by atoms with van der Waals surface area (Å²) in [6.07, 6.45) is 7.41. The number of piperidine rings is 1. The summed E-state index contributed by atoms with van der Waals surface area (Å²) >= 11 is 0. The number of carbonyl (C=O) groups is 2. The van der Waals surface area contributed by atoms with E-state index in [1.807, 2.05) is 24.4 Å². The summed E-state index contributed by atoms with van der Waals surface area (Å²) in [5.41, 5.74) is -0.00102. The third-order valence-corrected chi connectivity index (χ3v) is 6.30. The van der Waals surface area contributed by atoms with E-state index in [0.29, 0.717) is 19.4 Å². The lowest BCUT2D eigenvalue weighted by atomic mass is 9.76. The van der Waals surface area contributed by atoms with E-state index in [0.717, 1.165) is 51.4 Å². The number of imide groups is 1. The fourth-order valence-electron chi connectivity index (χ4n) is 4.74. The van der Waals surface area contributed by atoms with Gasteiger partial charge in [0.15, 0.2) is 0 Å². The highest BCUT2D eigenvalue weighted by Gasteiger charge is 2.44. The molecule has 0 atom stereocenters. The number of aromatic nitrogens is 1. The number of likely N-dealkylation sites (tertiary alicyclic amines) is 1. The molecule has 1 aromatic rings. The number of amides is 2. The predicted molar refractivity (Wildman–Crippen MR) is 99.7 cm³/mol. The van der Waals surface area contributed by atoms with Crippen molar-refractivity contribution in [2.75, 3.05) is 44.2 Å². The number of piperazine rings is 1. The number of hydrogen-bond acceptors (Lipinski definition) is 5. The van der Waals surface area contributed by atoms with Gasteiger partial charge in [-0.05, 0) is 30.4 Å². The summed E-state index contributed by atoms with van der Waals surface area (Å²) in [7, 11) is 0. The smallest absolute Gasteiger partial charge is 0.229 e. The Bertz CT molecular complexity index is 629. The van der Waals surface area contributed by atoms with Crippen LogP contribution < -0.4 is 4.90 Å². The molecule has 1 spiro atoms. The Balaban J connectivity index is 1.26. The fourth-order valence-corrected chi connectivity index (χ4v) is 4.74. The number of pyridine rings is 1. The largest absolute Gasteiger partial charge is 0.354 e. The Kier molecular flexibility index (Phi) is 4.94. The summed E-state index contributed by atoms with van der Waals surface area (Å²) in [6.45, 7) is 5.06. The van der Waals surface area contributed by atoms with E-state index in [-0.39, 0.29) is 17.2 Å². The van der Waals surface area contributed by atoms with Crippen molar-refractivity contribution in [2.45, 2.75) is 38.5 Å². The first-order chi connectivity index (χ1) is 12.7. The Hall–Kier alpha value is -1.95. The molecule has 6 heteroatoms. The van der Waals surface area contributed by atoms with Crippen molar-refractivity contribution in [1.29, 1.82) is 0 Å². The van der Waals surface area contributed by atoms with E-state index in [1.54, 1.807) is 0 Å². The van der Waals surface area contributed by atoms with Gasteiger partial charge in [-0.2, -0.15) is 0 Å². The molecule has 1 saturated carbocycles. The van der Waals surface area contributed by atoms with E-state index in [4.69, 9.17) is 0 Å². The monoisotopic (exact) mass is 356 g/mol. The maximum Gasteiger partial charge on any atom is 0.229 e. The van der Waals surface area contributed by atoms with E-state index in [9.17, 15) is 9.59 Å². The lowest BCUT2D eigenvalue weighted by molar-refractivity contribution is -0.153. The minimum Gasteiger partial charge on any atom is -0.354 e. The van der Waals surface area contributed by atoms with Gasteiger partial charge in [-0.1, -0.05) is 18.9 Å². The molecular formula is C20H28N4O2. The van der Waals surface area contributed by atoms with Gasteiger partial charge >= 0.3 is 0 Å². The fraction of sp³-hybridized carbons (Fsp3) is 0.650. The lowest BCUT2D eigenvalue weighted by Gasteiger charge is -2.39. The number of rotatable bonds is 4. The molecule has 2 saturated heterocycles. The van der Waals surface area contributed by atoms with Crippen LogP contribution in [-0.2, 0) is 9.59 Å². The van der Waals surface area contributed by atoms with Gasteiger partial charge in [0, 0.05) is 58.3 Å². The van der Waals surface area contributed by atoms with E-state index in [1.165, 1.54) is 17.7 Å². The Morgan fingerprint density at radius 2 is 1.62 bits per heavy atom. The van der Waals surface area contributed by atoms with Crippen molar-refractivity contribution >= 4 is 17.6 Å². The standard InChI is InChI=1S/C20H28N4O2/c25-18-15-20(6-2-3-7-20)16-19(26)24(18)14-11-22-9-12-23(13-10-22)17-5-1-4-8-21-17/h1,4-5,8H,2-3,6-7,9-16H2. The molecule has 1 aromatic heterocycles. The Morgan fingerprint density at radius 1 is 0.923 bits per heavy atom.